The average molecular weight is 455 g/mol. The van der Waals surface area contributed by atoms with Crippen molar-refractivity contribution in [2.24, 2.45) is 0 Å². The molecule has 2 aromatic carbocycles. The number of hydrogen-bond donors (Lipinski definition) is 3. The molecule has 2 aromatic heterocycles. The third kappa shape index (κ3) is 4.37. The van der Waals surface area contributed by atoms with Gasteiger partial charge in [-0.25, -0.2) is 17.7 Å². The third-order valence-corrected chi connectivity index (χ3v) is 5.28. The summed E-state index contributed by atoms with van der Waals surface area (Å²) in [5.41, 5.74) is 6.44. The number of amides is 1. The van der Waals surface area contributed by atoms with Gasteiger partial charge in [-0.05, 0) is 48.7 Å². The van der Waals surface area contributed by atoms with Crippen LogP contribution in [0.2, 0.25) is 0 Å². The molecule has 4 rings (SSSR count). The number of aromatic nitrogens is 3. The number of aliphatic hydroxyl groups is 1. The number of carbonyl (C=O) groups excluding carboxylic acids is 1. The standard InChI is InChI=1S/C23H20F3N5O2/c1-12-5-6-14(13-8-10-31-18(11-13)29-23(27)30-31)21(26)19(12)22(33)28-9-7-17(32)20-15(24)3-2-4-16(20)25/h2-6,8,10-11,17,32H,7,9H2,1H3,(H2,27,30)(H,28,33)/t17-/m1/s1. The maximum atomic E-state index is 15.4. The highest BCUT2D eigenvalue weighted by Crippen LogP contribution is 2.28. The highest BCUT2D eigenvalue weighted by atomic mass is 19.1. The summed E-state index contributed by atoms with van der Waals surface area (Å²) in [4.78, 5) is 16.8. The minimum absolute atomic E-state index is 0.0778. The molecule has 0 fully saturated rings. The van der Waals surface area contributed by atoms with Crippen LogP contribution in [0.3, 0.4) is 0 Å². The number of carbonyl (C=O) groups is 1. The zero-order valence-electron chi connectivity index (χ0n) is 17.5. The van der Waals surface area contributed by atoms with Gasteiger partial charge in [0.15, 0.2) is 5.65 Å². The van der Waals surface area contributed by atoms with Crippen LogP contribution in [0.5, 0.6) is 0 Å². The molecule has 7 nitrogen and oxygen atoms in total. The van der Waals surface area contributed by atoms with Crippen molar-refractivity contribution in [3.05, 3.63) is 82.8 Å². The number of halogens is 3. The molecule has 1 atom stereocenters. The Morgan fingerprint density at radius 1 is 1.18 bits per heavy atom. The first kappa shape index (κ1) is 22.3. The summed E-state index contributed by atoms with van der Waals surface area (Å²) in [5.74, 6) is -3.12. The number of fused-ring (bicyclic) bond motifs is 1. The molecule has 33 heavy (non-hydrogen) atoms. The van der Waals surface area contributed by atoms with Crippen molar-refractivity contribution >= 4 is 17.5 Å². The first-order valence-corrected chi connectivity index (χ1v) is 10.1. The number of nitrogens with zero attached hydrogens (tertiary/aromatic N) is 3. The smallest absolute Gasteiger partial charge is 0.254 e. The lowest BCUT2D eigenvalue weighted by atomic mass is 9.98. The summed E-state index contributed by atoms with van der Waals surface area (Å²) in [7, 11) is 0. The Morgan fingerprint density at radius 3 is 2.64 bits per heavy atom. The number of aliphatic hydroxyl groups excluding tert-OH is 1. The Labute approximate surface area is 186 Å². The average Bonchev–Trinajstić information content (AvgIpc) is 3.13. The number of hydrogen-bond acceptors (Lipinski definition) is 5. The van der Waals surface area contributed by atoms with Crippen molar-refractivity contribution in [3.63, 3.8) is 0 Å². The molecule has 4 N–H and O–H groups in total. The SMILES string of the molecule is Cc1ccc(-c2ccn3nc(N)nc3c2)c(F)c1C(=O)NCC[C@@H](O)c1c(F)cccc1F. The summed E-state index contributed by atoms with van der Waals surface area (Å²) in [6.45, 7) is 1.47. The normalized spacial score (nSPS) is 12.2. The van der Waals surface area contributed by atoms with E-state index in [0.717, 1.165) is 12.1 Å². The summed E-state index contributed by atoms with van der Waals surface area (Å²) >= 11 is 0. The topological polar surface area (TPSA) is 106 Å². The molecule has 1 amide bonds. The number of anilines is 1. The van der Waals surface area contributed by atoms with Crippen molar-refractivity contribution in [1.29, 1.82) is 0 Å². The Bertz CT molecular complexity index is 1340. The van der Waals surface area contributed by atoms with Gasteiger partial charge in [0.1, 0.15) is 17.5 Å². The number of benzene rings is 2. The molecule has 0 bridgehead atoms. The van der Waals surface area contributed by atoms with Crippen LogP contribution < -0.4 is 11.1 Å². The molecular weight excluding hydrogens is 435 g/mol. The summed E-state index contributed by atoms with van der Waals surface area (Å²) < 4.78 is 44.4. The van der Waals surface area contributed by atoms with Gasteiger partial charge in [0.2, 0.25) is 5.95 Å². The molecule has 0 aliphatic carbocycles. The number of rotatable bonds is 6. The molecule has 0 radical (unpaired) electrons. The lowest BCUT2D eigenvalue weighted by Crippen LogP contribution is -2.27. The zero-order chi connectivity index (χ0) is 23.7. The minimum Gasteiger partial charge on any atom is -0.388 e. The van der Waals surface area contributed by atoms with E-state index >= 15 is 4.39 Å². The second-order valence-corrected chi connectivity index (χ2v) is 7.50. The van der Waals surface area contributed by atoms with E-state index in [2.05, 4.69) is 15.4 Å². The molecule has 0 aliphatic heterocycles. The van der Waals surface area contributed by atoms with Gasteiger partial charge in [0.25, 0.3) is 5.91 Å². The van der Waals surface area contributed by atoms with Gasteiger partial charge >= 0.3 is 0 Å². The predicted octanol–water partition coefficient (Wildman–Crippen LogP) is 3.56. The first-order chi connectivity index (χ1) is 15.8. The van der Waals surface area contributed by atoms with E-state index in [0.29, 0.717) is 16.8 Å². The van der Waals surface area contributed by atoms with Gasteiger partial charge in [-0.1, -0.05) is 18.2 Å². The lowest BCUT2D eigenvalue weighted by Gasteiger charge is -2.15. The Morgan fingerprint density at radius 2 is 1.91 bits per heavy atom. The third-order valence-electron chi connectivity index (χ3n) is 5.28. The molecule has 0 spiro atoms. The fourth-order valence-electron chi connectivity index (χ4n) is 3.62. The van der Waals surface area contributed by atoms with Crippen LogP contribution in [0.4, 0.5) is 19.1 Å². The van der Waals surface area contributed by atoms with Gasteiger partial charge in [-0.15, -0.1) is 5.10 Å². The van der Waals surface area contributed by atoms with Gasteiger partial charge in [0, 0.05) is 18.3 Å². The minimum atomic E-state index is -1.47. The quantitative estimate of drug-likeness (QED) is 0.412. The first-order valence-electron chi connectivity index (χ1n) is 10.1. The molecule has 0 saturated carbocycles. The van der Waals surface area contributed by atoms with E-state index in [4.69, 9.17) is 5.73 Å². The highest BCUT2D eigenvalue weighted by Gasteiger charge is 2.21. The van der Waals surface area contributed by atoms with Gasteiger partial charge in [-0.3, -0.25) is 4.79 Å². The number of pyridine rings is 1. The molecule has 4 aromatic rings. The van der Waals surface area contributed by atoms with E-state index < -0.39 is 35.0 Å². The molecule has 2 heterocycles. The van der Waals surface area contributed by atoms with Crippen LogP contribution in [0.25, 0.3) is 16.8 Å². The highest BCUT2D eigenvalue weighted by molar-refractivity contribution is 5.97. The summed E-state index contributed by atoms with van der Waals surface area (Å²) in [6.07, 6.45) is -0.0447. The zero-order valence-corrected chi connectivity index (χ0v) is 17.5. The van der Waals surface area contributed by atoms with Crippen molar-refractivity contribution in [2.75, 3.05) is 12.3 Å². The second kappa shape index (κ2) is 8.91. The lowest BCUT2D eigenvalue weighted by molar-refractivity contribution is 0.0937. The predicted molar refractivity (Wildman–Crippen MR) is 116 cm³/mol. The number of nitrogens with one attached hydrogen (secondary N) is 1. The van der Waals surface area contributed by atoms with Crippen LogP contribution in [-0.2, 0) is 0 Å². The fraction of sp³-hybridized carbons (Fsp3) is 0.174. The molecular formula is C23H20F3N5O2. The molecule has 170 valence electrons. The Kier molecular flexibility index (Phi) is 6.01. The van der Waals surface area contributed by atoms with E-state index in [1.165, 1.54) is 10.6 Å². The van der Waals surface area contributed by atoms with Crippen LogP contribution in [-0.4, -0.2) is 32.2 Å². The van der Waals surface area contributed by atoms with Crippen molar-refractivity contribution in [3.8, 4) is 11.1 Å². The van der Waals surface area contributed by atoms with Crippen molar-refractivity contribution < 1.29 is 23.1 Å². The van der Waals surface area contributed by atoms with Gasteiger partial charge in [0.05, 0.1) is 17.2 Å². The van der Waals surface area contributed by atoms with Crippen LogP contribution in [0.1, 0.15) is 34.0 Å². The Hall–Kier alpha value is -3.92. The summed E-state index contributed by atoms with van der Waals surface area (Å²) in [6, 6.07) is 9.65. The summed E-state index contributed by atoms with van der Waals surface area (Å²) in [5, 5.41) is 16.6. The van der Waals surface area contributed by atoms with Crippen molar-refractivity contribution in [2.45, 2.75) is 19.4 Å². The fourth-order valence-corrected chi connectivity index (χ4v) is 3.62. The van der Waals surface area contributed by atoms with Gasteiger partial charge < -0.3 is 16.2 Å². The number of aryl methyl sites for hydroxylation is 1. The molecule has 0 unspecified atom stereocenters. The van der Waals surface area contributed by atoms with Gasteiger partial charge in [-0.2, -0.15) is 4.98 Å². The van der Waals surface area contributed by atoms with E-state index in [1.54, 1.807) is 37.4 Å². The number of nitrogen functional groups attached to an aromatic ring is 1. The largest absolute Gasteiger partial charge is 0.388 e. The van der Waals surface area contributed by atoms with Crippen LogP contribution >= 0.6 is 0 Å². The second-order valence-electron chi connectivity index (χ2n) is 7.50. The maximum absolute atomic E-state index is 15.4. The number of nitrogens with two attached hydrogens (primary N) is 1. The monoisotopic (exact) mass is 455 g/mol. The van der Waals surface area contributed by atoms with E-state index in [-0.39, 0.29) is 30.0 Å². The van der Waals surface area contributed by atoms with Crippen LogP contribution in [0, 0.1) is 24.4 Å². The molecule has 0 aliphatic rings. The Balaban J connectivity index is 1.53. The maximum Gasteiger partial charge on any atom is 0.254 e. The van der Waals surface area contributed by atoms with Crippen molar-refractivity contribution in [1.82, 2.24) is 19.9 Å². The molecule has 0 saturated heterocycles. The van der Waals surface area contributed by atoms with E-state index in [9.17, 15) is 18.7 Å². The van der Waals surface area contributed by atoms with Crippen LogP contribution in [0.15, 0.2) is 48.7 Å². The van der Waals surface area contributed by atoms with E-state index in [1.807, 2.05) is 0 Å². The molecule has 10 heteroatoms.